The molecular weight excluding hydrogens is 248 g/mol. The second-order valence-electron chi connectivity index (χ2n) is 6.13. The lowest BCUT2D eigenvalue weighted by atomic mass is 9.64. The first-order valence-electron chi connectivity index (χ1n) is 7.68. The zero-order valence-corrected chi connectivity index (χ0v) is 12.6. The third-order valence-electron chi connectivity index (χ3n) is 4.86. The topological polar surface area (TPSA) is 55.1 Å². The van der Waals surface area contributed by atoms with E-state index in [1.165, 1.54) is 12.0 Å². The molecule has 0 aliphatic heterocycles. The molecule has 1 aliphatic rings. The lowest BCUT2D eigenvalue weighted by Gasteiger charge is -2.43. The van der Waals surface area contributed by atoms with Crippen LogP contribution in [0.2, 0.25) is 0 Å². The van der Waals surface area contributed by atoms with Crippen molar-refractivity contribution in [3.8, 4) is 0 Å². The minimum Gasteiger partial charge on any atom is -0.354 e. The Kier molecular flexibility index (Phi) is 4.81. The highest BCUT2D eigenvalue weighted by molar-refractivity contribution is 5.81. The molecule has 20 heavy (non-hydrogen) atoms. The lowest BCUT2D eigenvalue weighted by Crippen LogP contribution is -2.51. The molecule has 2 atom stereocenters. The summed E-state index contributed by atoms with van der Waals surface area (Å²) in [6.07, 6.45) is 4.46. The number of amides is 1. The molecule has 0 spiro atoms. The number of hydrogen-bond donors (Lipinski definition) is 2. The van der Waals surface area contributed by atoms with Crippen molar-refractivity contribution in [2.45, 2.75) is 51.0 Å². The monoisotopic (exact) mass is 274 g/mol. The normalized spacial score (nSPS) is 19.8. The number of carbonyl (C=O) groups excluding carboxylic acids is 1. The Bertz CT molecular complexity index is 440. The molecule has 1 aliphatic carbocycles. The molecule has 0 radical (unpaired) electrons. The predicted octanol–water partition coefficient (Wildman–Crippen LogP) is 2.60. The molecule has 1 aromatic rings. The van der Waals surface area contributed by atoms with Crippen molar-refractivity contribution in [3.05, 3.63) is 35.9 Å². The highest BCUT2D eigenvalue weighted by Gasteiger charge is 2.39. The maximum absolute atomic E-state index is 12.1. The first kappa shape index (κ1) is 15.0. The van der Waals surface area contributed by atoms with Gasteiger partial charge in [-0.2, -0.15) is 0 Å². The van der Waals surface area contributed by atoms with Crippen molar-refractivity contribution < 1.29 is 4.79 Å². The molecular formula is C17H26N2O. The molecule has 0 bridgehead atoms. The highest BCUT2D eigenvalue weighted by atomic mass is 16.2. The Labute approximate surface area is 121 Å². The van der Waals surface area contributed by atoms with Gasteiger partial charge in [-0.05, 0) is 24.3 Å². The van der Waals surface area contributed by atoms with Crippen LogP contribution in [-0.2, 0) is 10.2 Å². The Morgan fingerprint density at radius 1 is 1.35 bits per heavy atom. The second kappa shape index (κ2) is 6.40. The molecule has 0 heterocycles. The quantitative estimate of drug-likeness (QED) is 0.837. The summed E-state index contributed by atoms with van der Waals surface area (Å²) in [5, 5.41) is 3.07. The van der Waals surface area contributed by atoms with E-state index < -0.39 is 6.04 Å². The minimum atomic E-state index is -0.395. The number of rotatable bonds is 6. The van der Waals surface area contributed by atoms with Crippen LogP contribution in [0.4, 0.5) is 0 Å². The van der Waals surface area contributed by atoms with Crippen LogP contribution < -0.4 is 11.1 Å². The number of benzene rings is 1. The van der Waals surface area contributed by atoms with Crippen molar-refractivity contribution >= 4 is 5.91 Å². The minimum absolute atomic E-state index is 0.0124. The van der Waals surface area contributed by atoms with Gasteiger partial charge in [-0.25, -0.2) is 0 Å². The van der Waals surface area contributed by atoms with E-state index in [2.05, 4.69) is 36.5 Å². The molecule has 0 saturated heterocycles. The molecule has 3 N–H and O–H groups in total. The third-order valence-corrected chi connectivity index (χ3v) is 4.86. The van der Waals surface area contributed by atoms with E-state index in [9.17, 15) is 4.79 Å². The van der Waals surface area contributed by atoms with Gasteiger partial charge in [0.2, 0.25) is 5.91 Å². The number of hydrogen-bond acceptors (Lipinski definition) is 2. The molecule has 3 nitrogen and oxygen atoms in total. The summed E-state index contributed by atoms with van der Waals surface area (Å²) in [4.78, 5) is 12.1. The Morgan fingerprint density at radius 2 is 2.00 bits per heavy atom. The fraction of sp³-hybridized carbons (Fsp3) is 0.588. The summed E-state index contributed by atoms with van der Waals surface area (Å²) in [5.74, 6) is 0.214. The van der Waals surface area contributed by atoms with E-state index in [0.717, 1.165) is 19.3 Å². The van der Waals surface area contributed by atoms with E-state index in [4.69, 9.17) is 5.73 Å². The zero-order valence-electron chi connectivity index (χ0n) is 12.6. The maximum Gasteiger partial charge on any atom is 0.237 e. The summed E-state index contributed by atoms with van der Waals surface area (Å²) >= 11 is 0. The van der Waals surface area contributed by atoms with Crippen LogP contribution in [-0.4, -0.2) is 18.5 Å². The van der Waals surface area contributed by atoms with Gasteiger partial charge in [0.15, 0.2) is 0 Å². The molecule has 1 amide bonds. The van der Waals surface area contributed by atoms with Gasteiger partial charge in [-0.15, -0.1) is 0 Å². The first-order chi connectivity index (χ1) is 9.59. The van der Waals surface area contributed by atoms with E-state index in [1.54, 1.807) is 0 Å². The number of nitrogens with one attached hydrogen (secondary N) is 1. The van der Waals surface area contributed by atoms with Crippen LogP contribution >= 0.6 is 0 Å². The van der Waals surface area contributed by atoms with Gasteiger partial charge >= 0.3 is 0 Å². The molecule has 1 unspecified atom stereocenters. The van der Waals surface area contributed by atoms with Crippen LogP contribution in [0.25, 0.3) is 0 Å². The van der Waals surface area contributed by atoms with Crippen LogP contribution in [0.3, 0.4) is 0 Å². The van der Waals surface area contributed by atoms with E-state index in [0.29, 0.717) is 6.54 Å². The predicted molar refractivity (Wildman–Crippen MR) is 82.4 cm³/mol. The SMILES string of the molecule is CCC(C)[C@H](N)C(=O)NCC1(c2ccccc2)CCC1. The van der Waals surface area contributed by atoms with Crippen molar-refractivity contribution in [3.63, 3.8) is 0 Å². The van der Waals surface area contributed by atoms with E-state index in [1.807, 2.05) is 13.0 Å². The van der Waals surface area contributed by atoms with Crippen LogP contribution in [0.15, 0.2) is 30.3 Å². The van der Waals surface area contributed by atoms with Gasteiger partial charge in [0.05, 0.1) is 6.04 Å². The fourth-order valence-corrected chi connectivity index (χ4v) is 2.85. The van der Waals surface area contributed by atoms with Gasteiger partial charge in [-0.1, -0.05) is 57.0 Å². The lowest BCUT2D eigenvalue weighted by molar-refractivity contribution is -0.123. The summed E-state index contributed by atoms with van der Waals surface area (Å²) in [6, 6.07) is 10.1. The van der Waals surface area contributed by atoms with Crippen molar-refractivity contribution in [2.24, 2.45) is 11.7 Å². The number of nitrogens with two attached hydrogens (primary N) is 1. The summed E-state index contributed by atoms with van der Waals surface area (Å²) in [6.45, 7) is 4.80. The maximum atomic E-state index is 12.1. The average molecular weight is 274 g/mol. The van der Waals surface area contributed by atoms with E-state index in [-0.39, 0.29) is 17.2 Å². The van der Waals surface area contributed by atoms with Gasteiger partial charge in [0, 0.05) is 12.0 Å². The summed E-state index contributed by atoms with van der Waals surface area (Å²) in [5.41, 5.74) is 7.45. The first-order valence-corrected chi connectivity index (χ1v) is 7.68. The van der Waals surface area contributed by atoms with Crippen molar-refractivity contribution in [2.75, 3.05) is 6.54 Å². The Balaban J connectivity index is 1.97. The van der Waals surface area contributed by atoms with Gasteiger partial charge < -0.3 is 11.1 Å². The Morgan fingerprint density at radius 3 is 2.50 bits per heavy atom. The Hall–Kier alpha value is -1.35. The van der Waals surface area contributed by atoms with Crippen molar-refractivity contribution in [1.82, 2.24) is 5.32 Å². The van der Waals surface area contributed by atoms with Crippen LogP contribution in [0.5, 0.6) is 0 Å². The van der Waals surface area contributed by atoms with E-state index >= 15 is 0 Å². The van der Waals surface area contributed by atoms with Crippen molar-refractivity contribution in [1.29, 1.82) is 0 Å². The molecule has 1 aromatic carbocycles. The molecule has 3 heteroatoms. The molecule has 2 rings (SSSR count). The summed E-state index contributed by atoms with van der Waals surface area (Å²) < 4.78 is 0. The molecule has 110 valence electrons. The number of carbonyl (C=O) groups is 1. The van der Waals surface area contributed by atoms with Gasteiger partial charge in [-0.3, -0.25) is 4.79 Å². The van der Waals surface area contributed by atoms with Crippen LogP contribution in [0.1, 0.15) is 45.1 Å². The van der Waals surface area contributed by atoms with Gasteiger partial charge in [0.1, 0.15) is 0 Å². The largest absolute Gasteiger partial charge is 0.354 e. The third kappa shape index (κ3) is 3.04. The average Bonchev–Trinajstić information content (AvgIpc) is 2.45. The smallest absolute Gasteiger partial charge is 0.237 e. The highest BCUT2D eigenvalue weighted by Crippen LogP contribution is 2.43. The summed E-state index contributed by atoms with van der Waals surface area (Å²) in [7, 11) is 0. The second-order valence-corrected chi connectivity index (χ2v) is 6.13. The molecule has 1 saturated carbocycles. The van der Waals surface area contributed by atoms with Crippen LogP contribution in [0, 0.1) is 5.92 Å². The molecule has 1 fully saturated rings. The van der Waals surface area contributed by atoms with Gasteiger partial charge in [0.25, 0.3) is 0 Å². The molecule has 0 aromatic heterocycles. The zero-order chi connectivity index (χ0) is 14.6. The fourth-order valence-electron chi connectivity index (χ4n) is 2.85. The standard InChI is InChI=1S/C17H26N2O/c1-3-13(2)15(18)16(20)19-12-17(10-7-11-17)14-8-5-4-6-9-14/h4-6,8-9,13,15H,3,7,10-12,18H2,1-2H3,(H,19,20)/t13?,15-/m0/s1.